The topological polar surface area (TPSA) is 450 Å². The average Bonchev–Trinajstić information content (AvgIpc) is 4.09. The first-order chi connectivity index (χ1) is 35.3. The van der Waals surface area contributed by atoms with Gasteiger partial charge in [0.25, 0.3) is 0 Å². The summed E-state index contributed by atoms with van der Waals surface area (Å²) in [6.45, 7) is 0.0328. The largest absolute Gasteiger partial charge is 0.480 e. The molecule has 3 rings (SSSR count). The number of primary amides is 1. The number of carbonyl (C=O) groups excluding carboxylic acids is 9. The molecule has 74 heavy (non-hydrogen) atoms. The third-order valence-electron chi connectivity index (χ3n) is 11.6. The number of imidazole rings is 1. The van der Waals surface area contributed by atoms with E-state index >= 15 is 0 Å². The van der Waals surface area contributed by atoms with Crippen molar-refractivity contribution in [2.45, 2.75) is 119 Å². The summed E-state index contributed by atoms with van der Waals surface area (Å²) in [7, 11) is 0. The molecule has 27 nitrogen and oxygen atoms in total. The van der Waals surface area contributed by atoms with Crippen LogP contribution in [0.15, 0.2) is 47.8 Å². The number of hydrogen-bond donors (Lipinski definition) is 16. The number of carboxylic acid groups (broad SMARTS) is 1. The van der Waals surface area contributed by atoms with Crippen molar-refractivity contribution in [2.24, 2.45) is 33.7 Å². The number of aliphatic imine (C=N–C) groups is 1. The number of H-pyrrole nitrogens is 1. The minimum absolute atomic E-state index is 0.0863. The third kappa shape index (κ3) is 21.2. The number of aliphatic carboxylic acids is 1. The fraction of sp³-hybridized carbons (Fsp3) is 0.556. The Hall–Kier alpha value is -6.98. The number of unbranched alkanes of at least 4 members (excludes halogenated alkanes) is 1. The van der Waals surface area contributed by atoms with Gasteiger partial charge in [0.1, 0.15) is 42.3 Å². The second-order valence-electron chi connectivity index (χ2n) is 17.4. The van der Waals surface area contributed by atoms with Crippen molar-refractivity contribution in [1.82, 2.24) is 52.1 Å². The molecule has 0 spiro atoms. The maximum Gasteiger partial charge on any atom is 0.326 e. The van der Waals surface area contributed by atoms with Gasteiger partial charge in [-0.15, -0.1) is 0 Å². The van der Waals surface area contributed by atoms with Gasteiger partial charge in [-0.2, -0.15) is 25.3 Å². The molecule has 1 aromatic carbocycles. The van der Waals surface area contributed by atoms with Crippen LogP contribution in [0.1, 0.15) is 69.0 Å². The van der Waals surface area contributed by atoms with E-state index in [1.54, 1.807) is 30.3 Å². The fourth-order valence-corrected chi connectivity index (χ4v) is 8.13. The number of nitrogens with two attached hydrogens (primary N) is 5. The zero-order valence-corrected chi connectivity index (χ0v) is 42.6. The van der Waals surface area contributed by atoms with Crippen molar-refractivity contribution >= 4 is 90.4 Å². The van der Waals surface area contributed by atoms with Crippen molar-refractivity contribution < 1.29 is 53.1 Å². The number of benzene rings is 1. The van der Waals surface area contributed by atoms with Crippen LogP contribution in [0, 0.1) is 0 Å². The summed E-state index contributed by atoms with van der Waals surface area (Å²) in [4.78, 5) is 145. The number of amides is 9. The van der Waals surface area contributed by atoms with Crippen LogP contribution >= 0.6 is 25.3 Å². The first kappa shape index (κ1) is 61.3. The minimum atomic E-state index is -1.49. The summed E-state index contributed by atoms with van der Waals surface area (Å²) in [6.07, 6.45) is 3.93. The highest BCUT2D eigenvalue weighted by molar-refractivity contribution is 7.80. The van der Waals surface area contributed by atoms with E-state index in [2.05, 4.69) is 77.4 Å². The smallest absolute Gasteiger partial charge is 0.326 e. The number of aromatic nitrogens is 2. The molecule has 9 amide bonds. The number of guanidine groups is 1. The number of thiol groups is 2. The first-order valence-electron chi connectivity index (χ1n) is 23.9. The SMILES string of the molecule is NCCCC[C@H](NC(=O)CNC(=O)[C@H](CCC(N)=O)NC(=O)[C@H](Cc1cnc[nH]1)NC(=O)[C@H](Cc1ccccc1)NC(=O)[C@H](CS)NC(=O)[C@@H]1CCCN1C(=O)[C@H](CS)NC(=O)[C@@H](N)CCCN=C(N)N)C(=O)O. The number of aromatic amines is 1. The molecule has 1 saturated heterocycles. The van der Waals surface area contributed by atoms with Gasteiger partial charge in [-0.3, -0.25) is 48.1 Å². The van der Waals surface area contributed by atoms with Gasteiger partial charge < -0.3 is 80.9 Å². The van der Waals surface area contributed by atoms with Crippen molar-refractivity contribution in [3.05, 3.63) is 54.1 Å². The van der Waals surface area contributed by atoms with Crippen LogP contribution in [0.25, 0.3) is 0 Å². The number of nitrogens with one attached hydrogen (secondary N) is 8. The normalized spacial score (nSPS) is 15.8. The van der Waals surface area contributed by atoms with Crippen molar-refractivity contribution in [3.8, 4) is 0 Å². The number of hydrogen-bond acceptors (Lipinski definition) is 16. The quantitative estimate of drug-likeness (QED) is 0.0138. The Balaban J connectivity index is 1.79. The van der Waals surface area contributed by atoms with E-state index in [1.165, 1.54) is 17.4 Å². The Morgan fingerprint density at radius 1 is 0.743 bits per heavy atom. The van der Waals surface area contributed by atoms with Crippen LogP contribution in [-0.4, -0.2) is 171 Å². The van der Waals surface area contributed by atoms with Crippen LogP contribution < -0.4 is 65.9 Å². The Bertz CT molecular complexity index is 2240. The van der Waals surface area contributed by atoms with Gasteiger partial charge in [0.05, 0.1) is 18.9 Å². The van der Waals surface area contributed by atoms with Gasteiger partial charge in [-0.05, 0) is 63.5 Å². The van der Waals surface area contributed by atoms with Crippen LogP contribution in [0.5, 0.6) is 0 Å². The van der Waals surface area contributed by atoms with Crippen molar-refractivity contribution in [2.75, 3.05) is 37.7 Å². The highest BCUT2D eigenvalue weighted by atomic mass is 32.1. The van der Waals surface area contributed by atoms with Gasteiger partial charge in [0, 0.05) is 55.7 Å². The van der Waals surface area contributed by atoms with Gasteiger partial charge in [0.15, 0.2) is 5.96 Å². The lowest BCUT2D eigenvalue weighted by atomic mass is 10.0. The number of carbonyl (C=O) groups is 10. The molecule has 408 valence electrons. The monoisotopic (exact) mass is 1070 g/mol. The Morgan fingerprint density at radius 2 is 1.38 bits per heavy atom. The van der Waals surface area contributed by atoms with E-state index in [9.17, 15) is 53.1 Å². The highest BCUT2D eigenvalue weighted by Gasteiger charge is 2.39. The first-order valence-corrected chi connectivity index (χ1v) is 25.2. The van der Waals surface area contributed by atoms with Crippen molar-refractivity contribution in [1.29, 1.82) is 0 Å². The second kappa shape index (κ2) is 32.3. The lowest BCUT2D eigenvalue weighted by molar-refractivity contribution is -0.142. The third-order valence-corrected chi connectivity index (χ3v) is 12.3. The molecule has 19 N–H and O–H groups in total. The van der Waals surface area contributed by atoms with E-state index in [4.69, 9.17) is 28.7 Å². The molecule has 1 aromatic heterocycles. The molecule has 29 heteroatoms. The molecule has 0 bridgehead atoms. The Labute approximate surface area is 438 Å². The average molecular weight is 1080 g/mol. The maximum atomic E-state index is 14.3. The number of nitrogens with zero attached hydrogens (tertiary/aromatic N) is 3. The van der Waals surface area contributed by atoms with E-state index in [1.807, 2.05) is 0 Å². The van der Waals surface area contributed by atoms with E-state index < -0.39 is 114 Å². The highest BCUT2D eigenvalue weighted by Crippen LogP contribution is 2.20. The molecule has 2 aromatic rings. The van der Waals surface area contributed by atoms with Crippen LogP contribution in [0.3, 0.4) is 0 Å². The predicted octanol–water partition coefficient (Wildman–Crippen LogP) is -5.07. The molecular formula is C45H70N16O11S2. The molecule has 1 aliphatic rings. The summed E-state index contributed by atoms with van der Waals surface area (Å²) in [5.41, 5.74) is 28.5. The van der Waals surface area contributed by atoms with Crippen molar-refractivity contribution in [3.63, 3.8) is 0 Å². The summed E-state index contributed by atoms with van der Waals surface area (Å²) < 4.78 is 0. The molecule has 0 radical (unpaired) electrons. The molecule has 1 fully saturated rings. The molecule has 0 aliphatic carbocycles. The lowest BCUT2D eigenvalue weighted by Gasteiger charge is -2.30. The van der Waals surface area contributed by atoms with E-state index in [0.29, 0.717) is 43.5 Å². The van der Waals surface area contributed by atoms with Gasteiger partial charge >= 0.3 is 5.97 Å². The molecule has 1 aliphatic heterocycles. The van der Waals surface area contributed by atoms with E-state index in [-0.39, 0.29) is 75.5 Å². The molecule has 0 unspecified atom stereocenters. The molecule has 8 atom stereocenters. The van der Waals surface area contributed by atoms with Gasteiger partial charge in [0.2, 0.25) is 53.2 Å². The number of likely N-dealkylation sites (tertiary alicyclic amines) is 1. The van der Waals surface area contributed by atoms with E-state index in [0.717, 1.165) is 0 Å². The number of rotatable bonds is 33. The summed E-state index contributed by atoms with van der Waals surface area (Å²) in [5, 5.41) is 27.2. The summed E-state index contributed by atoms with van der Waals surface area (Å²) >= 11 is 8.57. The Kier molecular flexibility index (Phi) is 26.7. The van der Waals surface area contributed by atoms with Crippen LogP contribution in [0.2, 0.25) is 0 Å². The zero-order valence-electron chi connectivity index (χ0n) is 40.8. The van der Waals surface area contributed by atoms with Crippen LogP contribution in [-0.2, 0) is 60.8 Å². The standard InChI is InChI=1S/C45H70N16O11S2/c46-15-5-4-11-29(44(71)72)55-36(63)21-53-38(65)28(13-14-35(48)62)56-40(67)31(19-26-20-51-24-54-26)58-39(66)30(18-25-8-2-1-3-9-25)57-41(68)32(22-73)59-42(69)34-12-7-17-61(34)43(70)33(23-74)60-37(64)27(47)10-6-16-52-45(49)50/h1-3,8-9,20,24,27-34,73-74H,4-7,10-19,21-23,46-47H2,(H2,48,62)(H,51,54)(H,53,65)(H,55,63)(H,56,67)(H,57,68)(H,58,66)(H,59,69)(H,60,64)(H,71,72)(H4,49,50,52)/t27-,28-,29-,30-,31-,32-,33-,34-/m0/s1. The second-order valence-corrected chi connectivity index (χ2v) is 18.1. The van der Waals surface area contributed by atoms with Gasteiger partial charge in [-0.25, -0.2) is 9.78 Å². The minimum Gasteiger partial charge on any atom is -0.480 e. The maximum absolute atomic E-state index is 14.3. The van der Waals surface area contributed by atoms with Crippen LogP contribution in [0.4, 0.5) is 0 Å². The summed E-state index contributed by atoms with van der Waals surface area (Å²) in [5.74, 6) is -8.95. The number of carboxylic acids is 1. The Morgan fingerprint density at radius 3 is 1.97 bits per heavy atom. The predicted molar refractivity (Wildman–Crippen MR) is 276 cm³/mol. The summed E-state index contributed by atoms with van der Waals surface area (Å²) in [6, 6.07) is -1.63. The molecule has 0 saturated carbocycles. The fourth-order valence-electron chi connectivity index (χ4n) is 7.62. The van der Waals surface area contributed by atoms with Gasteiger partial charge in [-0.1, -0.05) is 30.3 Å². The lowest BCUT2D eigenvalue weighted by Crippen LogP contribution is -2.60. The zero-order chi connectivity index (χ0) is 54.7. The molecular weight excluding hydrogens is 1000 g/mol. The molecule has 2 heterocycles.